The molecule has 1 heterocycles. The van der Waals surface area contributed by atoms with Crippen LogP contribution in [0.5, 0.6) is 5.75 Å². The molecule has 0 aromatic heterocycles. The van der Waals surface area contributed by atoms with Crippen molar-refractivity contribution in [2.24, 2.45) is 16.7 Å². The molecule has 0 bridgehead atoms. The first-order valence-corrected chi connectivity index (χ1v) is 9.11. The lowest BCUT2D eigenvalue weighted by molar-refractivity contribution is -0.176. The Balaban J connectivity index is 2.99. The van der Waals surface area contributed by atoms with E-state index in [2.05, 4.69) is 5.32 Å². The van der Waals surface area contributed by atoms with Gasteiger partial charge in [-0.15, -0.1) is 0 Å². The van der Waals surface area contributed by atoms with Crippen molar-refractivity contribution < 1.29 is 33.3 Å². The fourth-order valence-corrected chi connectivity index (χ4v) is 4.94. The van der Waals surface area contributed by atoms with E-state index in [4.69, 9.17) is 4.74 Å². The molecule has 28 heavy (non-hydrogen) atoms. The molecule has 1 aliphatic rings. The van der Waals surface area contributed by atoms with E-state index < -0.39 is 59.2 Å². The van der Waals surface area contributed by atoms with Gasteiger partial charge in [-0.2, -0.15) is 0 Å². The second kappa shape index (κ2) is 7.66. The number of alkyl halides is 1. The molecule has 1 aromatic rings. The number of aliphatic carboxylic acids is 2. The summed E-state index contributed by atoms with van der Waals surface area (Å²) in [7, 11) is 1.34. The number of hydrogen-bond donors (Lipinski definition) is 3. The standard InChI is InChI=1S/C20H27F2NO5/c1-10(2)20(18(26)27)11(3)23-15(9-21)19(4,17(24)25)16(20)13-8-12(22)6-7-14(13)28-5/h6-8,10-11,15-16,23H,9H2,1-5H3,(H,24,25)(H,26,27). The molecule has 1 fully saturated rings. The molecule has 156 valence electrons. The van der Waals surface area contributed by atoms with E-state index in [1.54, 1.807) is 20.8 Å². The highest BCUT2D eigenvalue weighted by molar-refractivity contribution is 5.84. The summed E-state index contributed by atoms with van der Waals surface area (Å²) in [6, 6.07) is 1.63. The summed E-state index contributed by atoms with van der Waals surface area (Å²) < 4.78 is 33.4. The van der Waals surface area contributed by atoms with E-state index >= 15 is 0 Å². The Bertz CT molecular complexity index is 771. The highest BCUT2D eigenvalue weighted by Gasteiger charge is 2.67. The fourth-order valence-electron chi connectivity index (χ4n) is 4.94. The summed E-state index contributed by atoms with van der Waals surface area (Å²) in [6.07, 6.45) is 0. The van der Waals surface area contributed by atoms with Gasteiger partial charge in [0, 0.05) is 17.5 Å². The van der Waals surface area contributed by atoms with Gasteiger partial charge in [-0.1, -0.05) is 13.8 Å². The molecule has 0 saturated carbocycles. The van der Waals surface area contributed by atoms with Crippen molar-refractivity contribution in [3.8, 4) is 5.75 Å². The van der Waals surface area contributed by atoms with Crippen molar-refractivity contribution in [1.82, 2.24) is 5.32 Å². The third-order valence-electron chi connectivity index (χ3n) is 6.41. The molecular weight excluding hydrogens is 372 g/mol. The first-order valence-electron chi connectivity index (χ1n) is 9.11. The minimum Gasteiger partial charge on any atom is -0.496 e. The number of carbonyl (C=O) groups is 2. The Morgan fingerprint density at radius 2 is 1.89 bits per heavy atom. The van der Waals surface area contributed by atoms with E-state index in [9.17, 15) is 28.6 Å². The number of piperidine rings is 1. The van der Waals surface area contributed by atoms with E-state index in [0.717, 1.165) is 12.1 Å². The zero-order valence-corrected chi connectivity index (χ0v) is 16.6. The second-order valence-corrected chi connectivity index (χ2v) is 7.90. The summed E-state index contributed by atoms with van der Waals surface area (Å²) in [5.74, 6) is -4.89. The minimum atomic E-state index is -1.87. The minimum absolute atomic E-state index is 0.107. The lowest BCUT2D eigenvalue weighted by Crippen LogP contribution is -2.71. The maximum atomic E-state index is 14.2. The summed E-state index contributed by atoms with van der Waals surface area (Å²) in [5, 5.41) is 23.3. The molecular formula is C20H27F2NO5. The number of rotatable bonds is 6. The van der Waals surface area contributed by atoms with Gasteiger partial charge in [-0.25, -0.2) is 8.78 Å². The molecule has 0 amide bonds. The Morgan fingerprint density at radius 1 is 1.29 bits per heavy atom. The number of ether oxygens (including phenoxy) is 1. The fraction of sp³-hybridized carbons (Fsp3) is 0.600. The maximum absolute atomic E-state index is 14.2. The number of hydrogen-bond acceptors (Lipinski definition) is 4. The number of nitrogens with one attached hydrogen (secondary N) is 1. The van der Waals surface area contributed by atoms with Gasteiger partial charge in [0.05, 0.1) is 24.0 Å². The molecule has 3 N–H and O–H groups in total. The Morgan fingerprint density at radius 3 is 2.32 bits per heavy atom. The van der Waals surface area contributed by atoms with Gasteiger partial charge in [0.25, 0.3) is 0 Å². The lowest BCUT2D eigenvalue weighted by atomic mass is 9.49. The van der Waals surface area contributed by atoms with Gasteiger partial charge in [0.15, 0.2) is 0 Å². The van der Waals surface area contributed by atoms with Gasteiger partial charge in [-0.3, -0.25) is 9.59 Å². The largest absolute Gasteiger partial charge is 0.496 e. The highest BCUT2D eigenvalue weighted by atomic mass is 19.1. The summed E-state index contributed by atoms with van der Waals surface area (Å²) >= 11 is 0. The molecule has 8 heteroatoms. The van der Waals surface area contributed by atoms with Crippen LogP contribution in [0.25, 0.3) is 0 Å². The van der Waals surface area contributed by atoms with Crippen LogP contribution in [0.3, 0.4) is 0 Å². The number of carboxylic acids is 2. The Labute approximate surface area is 162 Å². The van der Waals surface area contributed by atoms with Crippen LogP contribution in [0.15, 0.2) is 18.2 Å². The van der Waals surface area contributed by atoms with Crippen LogP contribution in [-0.4, -0.2) is 48.0 Å². The SMILES string of the molecule is COc1ccc(F)cc1C1C(C)(C(=O)O)C(CF)NC(C)C1(C(=O)O)C(C)C. The highest BCUT2D eigenvalue weighted by Crippen LogP contribution is 2.59. The number of methoxy groups -OCH3 is 1. The predicted molar refractivity (Wildman–Crippen MR) is 98.7 cm³/mol. The van der Waals surface area contributed by atoms with Crippen molar-refractivity contribution in [1.29, 1.82) is 0 Å². The maximum Gasteiger partial charge on any atom is 0.312 e. The molecule has 0 aliphatic carbocycles. The van der Waals surface area contributed by atoms with Crippen LogP contribution in [0.1, 0.15) is 39.2 Å². The molecule has 1 aromatic carbocycles. The van der Waals surface area contributed by atoms with Crippen LogP contribution < -0.4 is 10.1 Å². The number of halogens is 2. The molecule has 1 saturated heterocycles. The van der Waals surface area contributed by atoms with Crippen LogP contribution >= 0.6 is 0 Å². The lowest BCUT2D eigenvalue weighted by Gasteiger charge is -2.58. The average molecular weight is 399 g/mol. The first-order chi connectivity index (χ1) is 13.0. The number of benzene rings is 1. The van der Waals surface area contributed by atoms with E-state index in [0.29, 0.717) is 0 Å². The third-order valence-corrected chi connectivity index (χ3v) is 6.41. The van der Waals surface area contributed by atoms with Crippen molar-refractivity contribution in [3.63, 3.8) is 0 Å². The molecule has 0 spiro atoms. The monoisotopic (exact) mass is 399 g/mol. The summed E-state index contributed by atoms with van der Waals surface area (Å²) in [4.78, 5) is 25.1. The molecule has 6 nitrogen and oxygen atoms in total. The normalized spacial score (nSPS) is 32.9. The van der Waals surface area contributed by atoms with Gasteiger partial charge < -0.3 is 20.3 Å². The Kier molecular flexibility index (Phi) is 6.04. The average Bonchev–Trinajstić information content (AvgIpc) is 2.61. The van der Waals surface area contributed by atoms with E-state index in [1.165, 1.54) is 20.1 Å². The van der Waals surface area contributed by atoms with Crippen LogP contribution in [0, 0.1) is 22.6 Å². The van der Waals surface area contributed by atoms with Gasteiger partial charge in [0.2, 0.25) is 0 Å². The first kappa shape index (κ1) is 22.1. The van der Waals surface area contributed by atoms with Crippen LogP contribution in [-0.2, 0) is 9.59 Å². The van der Waals surface area contributed by atoms with Gasteiger partial charge >= 0.3 is 11.9 Å². The number of carboxylic acid groups (broad SMARTS) is 2. The van der Waals surface area contributed by atoms with E-state index in [1.807, 2.05) is 0 Å². The zero-order chi connectivity index (χ0) is 21.4. The molecule has 5 unspecified atom stereocenters. The Hall–Kier alpha value is -2.22. The van der Waals surface area contributed by atoms with Crippen molar-refractivity contribution >= 4 is 11.9 Å². The molecule has 1 aliphatic heterocycles. The topological polar surface area (TPSA) is 95.9 Å². The third kappa shape index (κ3) is 2.94. The van der Waals surface area contributed by atoms with Crippen LogP contribution in [0.4, 0.5) is 8.78 Å². The van der Waals surface area contributed by atoms with E-state index in [-0.39, 0.29) is 11.3 Å². The quantitative estimate of drug-likeness (QED) is 0.680. The summed E-state index contributed by atoms with van der Waals surface area (Å²) in [5.41, 5.74) is -3.42. The zero-order valence-electron chi connectivity index (χ0n) is 16.6. The second-order valence-electron chi connectivity index (χ2n) is 7.90. The molecule has 2 rings (SSSR count). The molecule has 0 radical (unpaired) electrons. The van der Waals surface area contributed by atoms with Crippen LogP contribution in [0.2, 0.25) is 0 Å². The van der Waals surface area contributed by atoms with Crippen molar-refractivity contribution in [2.45, 2.75) is 45.7 Å². The van der Waals surface area contributed by atoms with Gasteiger partial charge in [-0.05, 0) is 38.0 Å². The molecule has 5 atom stereocenters. The predicted octanol–water partition coefficient (Wildman–Crippen LogP) is 3.07. The van der Waals surface area contributed by atoms with Crippen molar-refractivity contribution in [2.75, 3.05) is 13.8 Å². The smallest absolute Gasteiger partial charge is 0.312 e. The van der Waals surface area contributed by atoms with Crippen molar-refractivity contribution in [3.05, 3.63) is 29.6 Å². The summed E-state index contributed by atoms with van der Waals surface area (Å²) in [6.45, 7) is 5.23. The van der Waals surface area contributed by atoms with Gasteiger partial charge in [0.1, 0.15) is 18.2 Å².